The number of carbonyl (C=O) groups excluding carboxylic acids is 1. The first kappa shape index (κ1) is 15.8. The third-order valence-electron chi connectivity index (χ3n) is 3.44. The number of ether oxygens (including phenoxy) is 1. The Hall–Kier alpha value is -0.220. The number of hydrogen-bond donors (Lipinski definition) is 1. The second-order valence-electron chi connectivity index (χ2n) is 6.13. The van der Waals surface area contributed by atoms with Crippen LogP contribution in [0.3, 0.4) is 0 Å². The first-order valence-corrected chi connectivity index (χ1v) is 8.05. The minimum atomic E-state index is -0.251. The van der Waals surface area contributed by atoms with Crippen molar-refractivity contribution in [2.24, 2.45) is 0 Å². The molecule has 106 valence electrons. The van der Waals surface area contributed by atoms with Crippen molar-refractivity contribution in [3.05, 3.63) is 0 Å². The van der Waals surface area contributed by atoms with Gasteiger partial charge in [-0.1, -0.05) is 19.3 Å². The van der Waals surface area contributed by atoms with Gasteiger partial charge in [-0.05, 0) is 39.9 Å². The van der Waals surface area contributed by atoms with Gasteiger partial charge in [-0.15, -0.1) is 0 Å². The predicted molar refractivity (Wildman–Crippen MR) is 78.0 cm³/mol. The van der Waals surface area contributed by atoms with E-state index in [1.54, 1.807) is 0 Å². The summed E-state index contributed by atoms with van der Waals surface area (Å²) in [5.74, 6) is 0.00363. The lowest BCUT2D eigenvalue weighted by Gasteiger charge is -2.35. The number of amides is 1. The van der Waals surface area contributed by atoms with Gasteiger partial charge in [0.1, 0.15) is 6.61 Å². The lowest BCUT2D eigenvalue weighted by atomic mass is 9.88. The van der Waals surface area contributed by atoms with Crippen LogP contribution in [0.25, 0.3) is 0 Å². The molecule has 0 bridgehead atoms. The van der Waals surface area contributed by atoms with Crippen LogP contribution in [-0.4, -0.2) is 35.7 Å². The highest BCUT2D eigenvalue weighted by Crippen LogP contribution is 2.37. The lowest BCUT2D eigenvalue weighted by molar-refractivity contribution is -0.130. The van der Waals surface area contributed by atoms with Gasteiger partial charge < -0.3 is 10.1 Å². The monoisotopic (exact) mass is 273 g/mol. The van der Waals surface area contributed by atoms with Gasteiger partial charge in [0.2, 0.25) is 5.91 Å². The van der Waals surface area contributed by atoms with E-state index in [0.29, 0.717) is 0 Å². The summed E-state index contributed by atoms with van der Waals surface area (Å²) < 4.78 is 5.74. The van der Waals surface area contributed by atoms with Crippen molar-refractivity contribution in [2.75, 3.05) is 19.4 Å². The molecular weight excluding hydrogens is 246 g/mol. The molecule has 0 heterocycles. The van der Waals surface area contributed by atoms with Gasteiger partial charge in [-0.2, -0.15) is 11.8 Å². The summed E-state index contributed by atoms with van der Waals surface area (Å²) in [7, 11) is 0. The molecule has 3 nitrogen and oxygen atoms in total. The summed E-state index contributed by atoms with van der Waals surface area (Å²) >= 11 is 1.90. The average molecular weight is 273 g/mol. The van der Waals surface area contributed by atoms with E-state index >= 15 is 0 Å². The molecule has 4 heteroatoms. The topological polar surface area (TPSA) is 38.3 Å². The summed E-state index contributed by atoms with van der Waals surface area (Å²) in [6.07, 6.45) is 8.50. The van der Waals surface area contributed by atoms with E-state index in [9.17, 15) is 4.79 Å². The van der Waals surface area contributed by atoms with Crippen LogP contribution in [0.1, 0.15) is 52.9 Å². The fraction of sp³-hybridized carbons (Fsp3) is 0.929. The Balaban J connectivity index is 2.32. The van der Waals surface area contributed by atoms with Crippen molar-refractivity contribution in [1.82, 2.24) is 5.32 Å². The van der Waals surface area contributed by atoms with Gasteiger partial charge in [-0.25, -0.2) is 0 Å². The fourth-order valence-corrected chi connectivity index (χ4v) is 3.16. The summed E-state index contributed by atoms with van der Waals surface area (Å²) in [5, 5.41) is 3.03. The van der Waals surface area contributed by atoms with E-state index < -0.39 is 0 Å². The molecule has 18 heavy (non-hydrogen) atoms. The van der Waals surface area contributed by atoms with Crippen LogP contribution < -0.4 is 5.32 Å². The molecule has 0 radical (unpaired) electrons. The van der Waals surface area contributed by atoms with Crippen molar-refractivity contribution >= 4 is 17.7 Å². The minimum Gasteiger partial charge on any atom is -0.366 e. The molecule has 0 unspecified atom stereocenters. The molecule has 1 aliphatic carbocycles. The number of thioether (sulfide) groups is 1. The maximum Gasteiger partial charge on any atom is 0.246 e. The Kier molecular flexibility index (Phi) is 5.99. The molecule has 1 saturated carbocycles. The second kappa shape index (κ2) is 6.80. The van der Waals surface area contributed by atoms with Crippen LogP contribution in [-0.2, 0) is 9.53 Å². The van der Waals surface area contributed by atoms with Gasteiger partial charge in [0, 0.05) is 11.3 Å². The number of hydrogen-bond acceptors (Lipinski definition) is 3. The van der Waals surface area contributed by atoms with Crippen LogP contribution >= 0.6 is 11.8 Å². The van der Waals surface area contributed by atoms with Gasteiger partial charge in [0.25, 0.3) is 0 Å². The quantitative estimate of drug-likeness (QED) is 0.837. The third-order valence-corrected chi connectivity index (χ3v) is 4.86. The van der Waals surface area contributed by atoms with Crippen LogP contribution in [0.15, 0.2) is 0 Å². The van der Waals surface area contributed by atoms with Crippen molar-refractivity contribution in [3.8, 4) is 0 Å². The van der Waals surface area contributed by atoms with Crippen LogP contribution in [0.4, 0.5) is 0 Å². The van der Waals surface area contributed by atoms with Crippen molar-refractivity contribution in [2.45, 2.75) is 63.2 Å². The first-order chi connectivity index (χ1) is 8.37. The second-order valence-corrected chi connectivity index (χ2v) is 7.40. The Bertz CT molecular complexity index is 267. The molecule has 0 aromatic heterocycles. The normalized spacial score (nSPS) is 19.6. The van der Waals surface area contributed by atoms with Crippen LogP contribution in [0.2, 0.25) is 0 Å². The molecular formula is C14H27NO2S. The highest BCUT2D eigenvalue weighted by Gasteiger charge is 2.31. The highest BCUT2D eigenvalue weighted by atomic mass is 32.2. The van der Waals surface area contributed by atoms with Crippen molar-refractivity contribution in [1.29, 1.82) is 0 Å². The van der Waals surface area contributed by atoms with E-state index in [-0.39, 0.29) is 22.9 Å². The zero-order chi connectivity index (χ0) is 13.6. The molecule has 1 aliphatic rings. The Morgan fingerprint density at radius 2 is 1.89 bits per heavy atom. The lowest BCUT2D eigenvalue weighted by Crippen LogP contribution is -2.43. The SMILES string of the molecule is CSC1(CNC(=O)COC(C)(C)C)CCCCC1. The maximum atomic E-state index is 11.7. The van der Waals surface area contributed by atoms with Crippen molar-refractivity contribution < 1.29 is 9.53 Å². The third kappa shape index (κ3) is 5.61. The van der Waals surface area contributed by atoms with E-state index in [4.69, 9.17) is 4.74 Å². The van der Waals surface area contributed by atoms with Gasteiger partial charge in [0.15, 0.2) is 0 Å². The molecule has 1 N–H and O–H groups in total. The van der Waals surface area contributed by atoms with Crippen molar-refractivity contribution in [3.63, 3.8) is 0 Å². The summed E-state index contributed by atoms with van der Waals surface area (Å²) in [6, 6.07) is 0. The fourth-order valence-electron chi connectivity index (χ4n) is 2.24. The standard InChI is InChI=1S/C14H27NO2S/c1-13(2,3)17-10-12(16)15-11-14(18-4)8-6-5-7-9-14/h5-11H2,1-4H3,(H,15,16). The number of nitrogens with one attached hydrogen (secondary N) is 1. The molecule has 0 aromatic carbocycles. The minimum absolute atomic E-state index is 0.00363. The summed E-state index contributed by atoms with van der Waals surface area (Å²) in [5.41, 5.74) is -0.251. The summed E-state index contributed by atoms with van der Waals surface area (Å²) in [6.45, 7) is 6.83. The van der Waals surface area contributed by atoms with Gasteiger partial charge in [-0.3, -0.25) is 4.79 Å². The predicted octanol–water partition coefficient (Wildman–Crippen LogP) is 2.98. The average Bonchev–Trinajstić information content (AvgIpc) is 2.34. The molecule has 0 spiro atoms. The molecule has 0 aromatic rings. The van der Waals surface area contributed by atoms with Gasteiger partial charge >= 0.3 is 0 Å². The van der Waals surface area contributed by atoms with E-state index in [0.717, 1.165) is 6.54 Å². The van der Waals surface area contributed by atoms with E-state index in [1.807, 2.05) is 32.5 Å². The van der Waals surface area contributed by atoms with E-state index in [2.05, 4.69) is 11.6 Å². The molecule has 0 atom stereocenters. The largest absolute Gasteiger partial charge is 0.366 e. The molecule has 0 saturated heterocycles. The maximum absolute atomic E-state index is 11.7. The Morgan fingerprint density at radius 3 is 2.39 bits per heavy atom. The first-order valence-electron chi connectivity index (χ1n) is 6.83. The van der Waals surface area contributed by atoms with Crippen LogP contribution in [0.5, 0.6) is 0 Å². The Morgan fingerprint density at radius 1 is 1.28 bits per heavy atom. The molecule has 1 fully saturated rings. The van der Waals surface area contributed by atoms with E-state index in [1.165, 1.54) is 32.1 Å². The van der Waals surface area contributed by atoms with Gasteiger partial charge in [0.05, 0.1) is 5.60 Å². The highest BCUT2D eigenvalue weighted by molar-refractivity contribution is 8.00. The number of rotatable bonds is 5. The zero-order valence-corrected chi connectivity index (χ0v) is 13.0. The molecule has 1 rings (SSSR count). The molecule has 1 amide bonds. The molecule has 0 aliphatic heterocycles. The zero-order valence-electron chi connectivity index (χ0n) is 12.2. The summed E-state index contributed by atoms with van der Waals surface area (Å²) in [4.78, 5) is 11.7. The smallest absolute Gasteiger partial charge is 0.246 e. The number of carbonyl (C=O) groups is 1. The van der Waals surface area contributed by atoms with Crippen LogP contribution in [0, 0.1) is 0 Å². The Labute approximate surface area is 115 Å².